The highest BCUT2D eigenvalue weighted by molar-refractivity contribution is 7.89. The van der Waals surface area contributed by atoms with Crippen LogP contribution in [0.1, 0.15) is 48.9 Å². The number of fused-ring (bicyclic) bond motifs is 2. The Morgan fingerprint density at radius 1 is 1.08 bits per heavy atom. The Kier molecular flexibility index (Phi) is 7.70. The Morgan fingerprint density at radius 3 is 2.49 bits per heavy atom. The molecule has 0 spiro atoms. The first-order valence-corrected chi connectivity index (χ1v) is 14.8. The molecule has 1 heterocycles. The highest BCUT2D eigenvalue weighted by atomic mass is 32.2. The molecule has 0 N–H and O–H groups in total. The molecule has 3 aromatic rings. The first kappa shape index (κ1) is 27.6. The van der Waals surface area contributed by atoms with Crippen molar-refractivity contribution in [2.24, 2.45) is 11.8 Å². The lowest BCUT2D eigenvalue weighted by atomic mass is 9.75. The summed E-state index contributed by atoms with van der Waals surface area (Å²) in [6, 6.07) is 15.6. The van der Waals surface area contributed by atoms with E-state index < -0.39 is 22.0 Å². The predicted octanol–water partition coefficient (Wildman–Crippen LogP) is 6.37. The van der Waals surface area contributed by atoms with E-state index in [1.54, 1.807) is 23.0 Å². The third-order valence-corrected chi connectivity index (χ3v) is 9.70. The van der Waals surface area contributed by atoms with Crippen LogP contribution in [-0.2, 0) is 16.4 Å². The second-order valence-electron chi connectivity index (χ2n) is 10.5. The summed E-state index contributed by atoms with van der Waals surface area (Å²) < 4.78 is 81.9. The molecule has 1 fully saturated rings. The summed E-state index contributed by atoms with van der Waals surface area (Å²) in [4.78, 5) is 0. The minimum Gasteiger partial charge on any atom is -0.233 e. The second kappa shape index (κ2) is 10.9. The fourth-order valence-electron chi connectivity index (χ4n) is 6.13. The van der Waals surface area contributed by atoms with Crippen LogP contribution >= 0.6 is 0 Å². The summed E-state index contributed by atoms with van der Waals surface area (Å²) in [5, 5.41) is 4.53. The first-order chi connectivity index (χ1) is 18.5. The summed E-state index contributed by atoms with van der Waals surface area (Å²) in [6.45, 7) is 2.16. The summed E-state index contributed by atoms with van der Waals surface area (Å²) in [6.07, 6.45) is 1.51. The molecule has 3 atom stereocenters. The van der Waals surface area contributed by atoms with Gasteiger partial charge >= 0.3 is 6.18 Å². The Balaban J connectivity index is 1.36. The molecule has 0 saturated heterocycles. The average molecular weight is 562 g/mol. The van der Waals surface area contributed by atoms with Crippen molar-refractivity contribution in [3.8, 4) is 5.69 Å². The van der Waals surface area contributed by atoms with Crippen LogP contribution in [0.5, 0.6) is 0 Å². The van der Waals surface area contributed by atoms with E-state index in [0.717, 1.165) is 38.8 Å². The number of nitrogens with zero attached hydrogens (tertiary/aromatic N) is 3. The molecule has 208 valence electrons. The molecule has 0 bridgehead atoms. The molecule has 2 aromatic carbocycles. The van der Waals surface area contributed by atoms with Gasteiger partial charge in [0.25, 0.3) is 0 Å². The van der Waals surface area contributed by atoms with Gasteiger partial charge in [0.1, 0.15) is 5.82 Å². The lowest BCUT2D eigenvalue weighted by Crippen LogP contribution is -2.42. The van der Waals surface area contributed by atoms with Crippen molar-refractivity contribution >= 4 is 16.1 Å². The van der Waals surface area contributed by atoms with Gasteiger partial charge in [-0.3, -0.25) is 0 Å². The highest BCUT2D eigenvalue weighted by Gasteiger charge is 2.44. The molecule has 0 aliphatic heterocycles. The lowest BCUT2D eigenvalue weighted by molar-refractivity contribution is -0.107. The Bertz CT molecular complexity index is 1430. The monoisotopic (exact) mass is 561 g/mol. The van der Waals surface area contributed by atoms with E-state index in [2.05, 4.69) is 18.1 Å². The van der Waals surface area contributed by atoms with Crippen LogP contribution in [0.4, 0.5) is 17.6 Å². The molecule has 0 radical (unpaired) electrons. The molecule has 0 unspecified atom stereocenters. The zero-order valence-electron chi connectivity index (χ0n) is 21.6. The number of hydrogen-bond acceptors (Lipinski definition) is 3. The quantitative estimate of drug-likeness (QED) is 0.286. The fraction of sp³-hybridized carbons (Fsp3) is 0.414. The van der Waals surface area contributed by atoms with Gasteiger partial charge in [-0.2, -0.15) is 18.3 Å². The normalized spacial score (nSPS) is 21.1. The van der Waals surface area contributed by atoms with Crippen molar-refractivity contribution in [2.75, 3.05) is 18.8 Å². The predicted molar refractivity (Wildman–Crippen MR) is 142 cm³/mol. The van der Waals surface area contributed by atoms with Gasteiger partial charge in [-0.05, 0) is 79.3 Å². The van der Waals surface area contributed by atoms with Crippen molar-refractivity contribution in [1.29, 1.82) is 0 Å². The van der Waals surface area contributed by atoms with E-state index in [4.69, 9.17) is 0 Å². The van der Waals surface area contributed by atoms with Gasteiger partial charge in [0.05, 0.1) is 17.6 Å². The van der Waals surface area contributed by atoms with E-state index in [-0.39, 0.29) is 36.7 Å². The van der Waals surface area contributed by atoms with Crippen LogP contribution in [0.15, 0.2) is 66.4 Å². The van der Waals surface area contributed by atoms with Crippen LogP contribution in [0.3, 0.4) is 0 Å². The van der Waals surface area contributed by atoms with Gasteiger partial charge < -0.3 is 0 Å². The number of benzene rings is 2. The molecule has 10 heteroatoms. The molecule has 1 saturated carbocycles. The zero-order chi connectivity index (χ0) is 27.8. The van der Waals surface area contributed by atoms with Crippen molar-refractivity contribution in [3.05, 3.63) is 89.0 Å². The molecular formula is C29H31F4N3O2S. The van der Waals surface area contributed by atoms with Crippen LogP contribution < -0.4 is 0 Å². The number of aryl methyl sites for hydroxylation is 1. The number of aromatic nitrogens is 2. The SMILES string of the molecule is C[C@H]1c2cnn(-c3ccc(F)cc3)c2C=C2CC[C@H](CN(CCCc3ccccc3)S(=O)(=O)CC(F)(F)F)[C@H]21. The van der Waals surface area contributed by atoms with Crippen LogP contribution in [-0.4, -0.2) is 47.5 Å². The summed E-state index contributed by atoms with van der Waals surface area (Å²) in [5.74, 6) is -2.26. The Morgan fingerprint density at radius 2 is 1.79 bits per heavy atom. The number of allylic oxidation sites excluding steroid dienone is 1. The zero-order valence-corrected chi connectivity index (χ0v) is 22.4. The fourth-order valence-corrected chi connectivity index (χ4v) is 7.56. The number of rotatable bonds is 9. The largest absolute Gasteiger partial charge is 0.404 e. The van der Waals surface area contributed by atoms with E-state index in [1.165, 1.54) is 12.1 Å². The molecule has 0 amide bonds. The maximum atomic E-state index is 13.4. The smallest absolute Gasteiger partial charge is 0.233 e. The molecular weight excluding hydrogens is 530 g/mol. The minimum atomic E-state index is -4.81. The first-order valence-electron chi connectivity index (χ1n) is 13.1. The molecule has 39 heavy (non-hydrogen) atoms. The van der Waals surface area contributed by atoms with Crippen LogP contribution in [0.25, 0.3) is 11.8 Å². The molecule has 2 aliphatic carbocycles. The third-order valence-electron chi connectivity index (χ3n) is 7.89. The number of sulfonamides is 1. The molecule has 1 aromatic heterocycles. The Labute approximate surface area is 226 Å². The van der Waals surface area contributed by atoms with Gasteiger partial charge in [0.15, 0.2) is 5.75 Å². The molecule has 2 aliphatic rings. The van der Waals surface area contributed by atoms with E-state index in [0.29, 0.717) is 19.3 Å². The standard InChI is InChI=1S/C29H31F4N3O2S/c1-20-26-17-34-36(25-13-11-24(30)12-14-25)27(26)16-22-9-10-23(28(20)22)18-35(39(37,38)19-29(31,32)33)15-5-8-21-6-3-2-4-7-21/h2-4,6-7,11-14,16-17,20,23,28H,5,8-10,15,18-19H2,1H3/t20-,23+,28-/m0/s1. The number of hydrogen-bond donors (Lipinski definition) is 0. The summed E-state index contributed by atoms with van der Waals surface area (Å²) >= 11 is 0. The van der Waals surface area contributed by atoms with Gasteiger partial charge in [0.2, 0.25) is 10.0 Å². The highest BCUT2D eigenvalue weighted by Crippen LogP contribution is 2.50. The number of halogens is 4. The van der Waals surface area contributed by atoms with Crippen molar-refractivity contribution in [1.82, 2.24) is 14.1 Å². The summed E-state index contributed by atoms with van der Waals surface area (Å²) in [5.41, 5.74) is 4.81. The minimum absolute atomic E-state index is 0.0122. The maximum Gasteiger partial charge on any atom is 0.404 e. The van der Waals surface area contributed by atoms with Crippen molar-refractivity contribution in [3.63, 3.8) is 0 Å². The van der Waals surface area contributed by atoms with E-state index in [1.807, 2.05) is 30.3 Å². The van der Waals surface area contributed by atoms with Crippen LogP contribution in [0.2, 0.25) is 0 Å². The Hall–Kier alpha value is -2.98. The molecule has 5 rings (SSSR count). The van der Waals surface area contributed by atoms with Gasteiger partial charge in [0, 0.05) is 18.7 Å². The van der Waals surface area contributed by atoms with Gasteiger partial charge in [-0.1, -0.05) is 42.8 Å². The average Bonchev–Trinajstić information content (AvgIpc) is 3.48. The van der Waals surface area contributed by atoms with Crippen LogP contribution in [0, 0.1) is 17.7 Å². The maximum absolute atomic E-state index is 13.4. The summed E-state index contributed by atoms with van der Waals surface area (Å²) in [7, 11) is -4.53. The van der Waals surface area contributed by atoms with Gasteiger partial charge in [-0.15, -0.1) is 0 Å². The van der Waals surface area contributed by atoms with E-state index >= 15 is 0 Å². The second-order valence-corrected chi connectivity index (χ2v) is 12.5. The topological polar surface area (TPSA) is 55.2 Å². The number of alkyl halides is 3. The van der Waals surface area contributed by atoms with Gasteiger partial charge in [-0.25, -0.2) is 21.8 Å². The van der Waals surface area contributed by atoms with Crippen molar-refractivity contribution in [2.45, 2.75) is 44.7 Å². The van der Waals surface area contributed by atoms with Crippen molar-refractivity contribution < 1.29 is 26.0 Å². The van der Waals surface area contributed by atoms with E-state index in [9.17, 15) is 26.0 Å². The lowest BCUT2D eigenvalue weighted by Gasteiger charge is -2.33. The molecule has 5 nitrogen and oxygen atoms in total. The third kappa shape index (κ3) is 6.11.